The van der Waals surface area contributed by atoms with E-state index in [0.29, 0.717) is 26.2 Å². The molecule has 0 spiro atoms. The van der Waals surface area contributed by atoms with Crippen molar-refractivity contribution in [1.82, 2.24) is 10.6 Å². The second kappa shape index (κ2) is 14.7. The maximum Gasteiger partial charge on any atom is 1.00 e. The molecule has 0 fully saturated rings. The Morgan fingerprint density at radius 1 is 1.33 bits per heavy atom. The van der Waals surface area contributed by atoms with Gasteiger partial charge in [0, 0.05) is 32.1 Å². The van der Waals surface area contributed by atoms with Crippen molar-refractivity contribution in [3.63, 3.8) is 0 Å². The Morgan fingerprint density at radius 3 is 2.61 bits per heavy atom. The van der Waals surface area contributed by atoms with E-state index < -0.39 is 5.97 Å². The average Bonchev–Trinajstić information content (AvgIpc) is 2.28. The molecule has 0 saturated carbocycles. The second-order valence-corrected chi connectivity index (χ2v) is 3.95. The van der Waals surface area contributed by atoms with Crippen LogP contribution in [0.15, 0.2) is 12.7 Å². The van der Waals surface area contributed by atoms with Gasteiger partial charge in [0.15, 0.2) is 0 Å². The molecule has 0 saturated heterocycles. The topological polar surface area (TPSA) is 84.4 Å². The van der Waals surface area contributed by atoms with E-state index in [1.807, 2.05) is 6.08 Å². The summed E-state index contributed by atoms with van der Waals surface area (Å²) in [7, 11) is 0. The van der Waals surface area contributed by atoms with E-state index in [0.717, 1.165) is 19.3 Å². The van der Waals surface area contributed by atoms with E-state index >= 15 is 0 Å². The van der Waals surface area contributed by atoms with Gasteiger partial charge in [-0.3, -0.25) is 0 Å². The van der Waals surface area contributed by atoms with E-state index in [-0.39, 0.29) is 31.4 Å². The summed E-state index contributed by atoms with van der Waals surface area (Å²) in [5, 5.41) is 25.7. The predicted octanol–water partition coefficient (Wildman–Crippen LogP) is -3.97. The van der Waals surface area contributed by atoms with Crippen LogP contribution >= 0.6 is 0 Å². The molecule has 1 unspecified atom stereocenters. The fourth-order valence-corrected chi connectivity index (χ4v) is 1.36. The summed E-state index contributed by atoms with van der Waals surface area (Å²) in [6.45, 7) is 6.01. The quantitative estimate of drug-likeness (QED) is 0.187. The molecule has 0 amide bonds. The van der Waals surface area contributed by atoms with Gasteiger partial charge < -0.3 is 25.6 Å². The number of allylic oxidation sites excluding steroid dienone is 1. The fourth-order valence-electron chi connectivity index (χ4n) is 1.36. The summed E-state index contributed by atoms with van der Waals surface area (Å²) < 4.78 is 0. The molecule has 1 atom stereocenters. The number of aliphatic hydroxyl groups excluding tert-OH is 1. The van der Waals surface area contributed by atoms with Crippen LogP contribution in [0.1, 0.15) is 25.7 Å². The molecule has 0 aliphatic carbocycles. The van der Waals surface area contributed by atoms with E-state index in [1.165, 1.54) is 0 Å². The van der Waals surface area contributed by atoms with Gasteiger partial charge in [0.25, 0.3) is 0 Å². The van der Waals surface area contributed by atoms with Crippen molar-refractivity contribution in [3.8, 4) is 0 Å². The van der Waals surface area contributed by atoms with Crippen molar-refractivity contribution >= 4 is 5.97 Å². The Balaban J connectivity index is 0. The minimum atomic E-state index is -1.04. The number of carboxylic acids is 1. The van der Waals surface area contributed by atoms with Crippen molar-refractivity contribution < 1.29 is 33.9 Å². The van der Waals surface area contributed by atoms with E-state index in [9.17, 15) is 15.0 Å². The third-order valence-corrected chi connectivity index (χ3v) is 2.31. The molecule has 0 aliphatic rings. The van der Waals surface area contributed by atoms with Gasteiger partial charge in [0.2, 0.25) is 0 Å². The average molecular weight is 250 g/mol. The Bertz CT molecular complexity index is 215. The van der Waals surface area contributed by atoms with Gasteiger partial charge in [-0.05, 0) is 25.7 Å². The molecule has 0 aromatic rings. The molecule has 0 aliphatic heterocycles. The van der Waals surface area contributed by atoms with Crippen molar-refractivity contribution in [3.05, 3.63) is 12.7 Å². The van der Waals surface area contributed by atoms with Crippen LogP contribution in [-0.4, -0.2) is 43.4 Å². The summed E-state index contributed by atoms with van der Waals surface area (Å²) in [6, 6.07) is 0. The first-order valence-corrected chi connectivity index (χ1v) is 6.07. The molecule has 3 N–H and O–H groups in total. The Hall–Kier alpha value is -0.313. The van der Waals surface area contributed by atoms with Gasteiger partial charge in [-0.25, -0.2) is 0 Å². The van der Waals surface area contributed by atoms with Gasteiger partial charge >= 0.3 is 18.9 Å². The maximum atomic E-state index is 10.1. The first-order valence-electron chi connectivity index (χ1n) is 6.07. The number of hydrogen-bond acceptors (Lipinski definition) is 5. The zero-order valence-electron chi connectivity index (χ0n) is 11.3. The first kappa shape index (κ1) is 20.0. The van der Waals surface area contributed by atoms with Crippen LogP contribution in [0.5, 0.6) is 0 Å². The molecular weight excluding hydrogens is 227 g/mol. The fraction of sp³-hybridized carbons (Fsp3) is 0.750. The molecule has 18 heavy (non-hydrogen) atoms. The van der Waals surface area contributed by atoms with Gasteiger partial charge in [-0.15, -0.1) is 6.58 Å². The van der Waals surface area contributed by atoms with Gasteiger partial charge in [-0.2, -0.15) is 0 Å². The van der Waals surface area contributed by atoms with Crippen LogP contribution in [0.25, 0.3) is 0 Å². The normalized spacial score (nSPS) is 11.6. The number of hydrogen-bond donors (Lipinski definition) is 3. The van der Waals surface area contributed by atoms with Crippen molar-refractivity contribution in [2.24, 2.45) is 0 Å². The van der Waals surface area contributed by atoms with E-state index in [2.05, 4.69) is 17.2 Å². The molecule has 0 radical (unpaired) electrons. The van der Waals surface area contributed by atoms with Crippen molar-refractivity contribution in [2.75, 3.05) is 26.2 Å². The molecule has 0 aromatic heterocycles. The van der Waals surface area contributed by atoms with Crippen LogP contribution in [0, 0.1) is 0 Å². The third kappa shape index (κ3) is 15.7. The number of aliphatic carboxylic acids is 1. The Kier molecular flexibility index (Phi) is 16.4. The molecule has 0 aromatic carbocycles. The number of aliphatic hydroxyl groups is 1. The van der Waals surface area contributed by atoms with Crippen LogP contribution in [-0.2, 0) is 4.79 Å². The van der Waals surface area contributed by atoms with Crippen molar-refractivity contribution in [1.29, 1.82) is 0 Å². The number of nitrogens with one attached hydrogen (secondary N) is 2. The van der Waals surface area contributed by atoms with Crippen LogP contribution < -0.4 is 34.6 Å². The summed E-state index contributed by atoms with van der Waals surface area (Å²) in [5.74, 6) is -1.04. The number of carbonyl (C=O) groups excluding carboxylic acids is 1. The smallest absolute Gasteiger partial charge is 0.550 e. The largest absolute Gasteiger partial charge is 1.00 e. The molecule has 0 heterocycles. The zero-order valence-corrected chi connectivity index (χ0v) is 11.3. The molecule has 6 heteroatoms. The molecule has 100 valence electrons. The molecular formula is C12H23LiN2O3. The van der Waals surface area contributed by atoms with E-state index in [1.54, 1.807) is 0 Å². The second-order valence-electron chi connectivity index (χ2n) is 3.95. The Labute approximate surface area is 121 Å². The number of carboxylic acid groups (broad SMARTS) is 1. The van der Waals surface area contributed by atoms with Crippen LogP contribution in [0.4, 0.5) is 0 Å². The van der Waals surface area contributed by atoms with Gasteiger partial charge in [-0.1, -0.05) is 6.08 Å². The van der Waals surface area contributed by atoms with Crippen molar-refractivity contribution in [2.45, 2.75) is 31.8 Å². The standard InChI is InChI=1S/C12H24N2O3.Li/c1-2-3-4-5-11(15)10-14-9-8-13-7-6-12(16)17;/h2,11,13-15H,1,3-10H2,(H,16,17);/q;+1/p-1. The summed E-state index contributed by atoms with van der Waals surface area (Å²) in [5.41, 5.74) is 0. The summed E-state index contributed by atoms with van der Waals surface area (Å²) in [4.78, 5) is 10.1. The summed E-state index contributed by atoms with van der Waals surface area (Å²) >= 11 is 0. The number of unbranched alkanes of at least 4 members (excludes halogenated alkanes) is 1. The van der Waals surface area contributed by atoms with E-state index in [4.69, 9.17) is 0 Å². The van der Waals surface area contributed by atoms with Gasteiger partial charge in [0.05, 0.1) is 6.10 Å². The summed E-state index contributed by atoms with van der Waals surface area (Å²) in [6.07, 6.45) is 4.22. The first-order chi connectivity index (χ1) is 8.16. The molecule has 0 rings (SSSR count). The van der Waals surface area contributed by atoms with Crippen LogP contribution in [0.2, 0.25) is 0 Å². The SMILES string of the molecule is C=CCCCC(O)CNCCNCCC(=O)[O-].[Li+]. The third-order valence-electron chi connectivity index (χ3n) is 2.31. The number of rotatable bonds is 12. The maximum absolute atomic E-state index is 10.1. The zero-order chi connectivity index (χ0) is 12.9. The predicted molar refractivity (Wildman–Crippen MR) is 65.4 cm³/mol. The monoisotopic (exact) mass is 250 g/mol. The minimum Gasteiger partial charge on any atom is -0.550 e. The number of carbonyl (C=O) groups is 1. The minimum absolute atomic E-state index is 0. The van der Waals surface area contributed by atoms with Crippen LogP contribution in [0.3, 0.4) is 0 Å². The molecule has 5 nitrogen and oxygen atoms in total. The molecule has 0 bridgehead atoms. The Morgan fingerprint density at radius 2 is 2.00 bits per heavy atom. The van der Waals surface area contributed by atoms with Gasteiger partial charge in [0.1, 0.15) is 0 Å².